The Balaban J connectivity index is 1.70. The van der Waals surface area contributed by atoms with Gasteiger partial charge in [0, 0.05) is 35.0 Å². The highest BCUT2D eigenvalue weighted by molar-refractivity contribution is 7.17. The van der Waals surface area contributed by atoms with Gasteiger partial charge in [-0.15, -0.1) is 11.3 Å². The number of ketones is 1. The van der Waals surface area contributed by atoms with Crippen LogP contribution >= 0.6 is 22.7 Å². The number of esters is 1. The molecule has 6 nitrogen and oxygen atoms in total. The standard InChI is InChI=1S/C21H24N2O4S2/c1-12-8-17(15(4)23(12)13(2)9-26-5)18(24)10-27-21(25)19-14(3)22-20(29-19)16-6-7-28-11-16/h6-8,11,13H,9-10H2,1-5H3. The molecule has 29 heavy (non-hydrogen) atoms. The predicted octanol–water partition coefficient (Wildman–Crippen LogP) is 4.85. The number of ether oxygens (including phenoxy) is 2. The molecule has 3 rings (SSSR count). The number of methoxy groups -OCH3 is 1. The quantitative estimate of drug-likeness (QED) is 0.376. The van der Waals surface area contributed by atoms with Gasteiger partial charge < -0.3 is 14.0 Å². The monoisotopic (exact) mass is 432 g/mol. The van der Waals surface area contributed by atoms with Gasteiger partial charge in [-0.25, -0.2) is 9.78 Å². The van der Waals surface area contributed by atoms with Crippen LogP contribution in [0.3, 0.4) is 0 Å². The van der Waals surface area contributed by atoms with Gasteiger partial charge in [-0.1, -0.05) is 0 Å². The average molecular weight is 433 g/mol. The van der Waals surface area contributed by atoms with E-state index in [2.05, 4.69) is 9.55 Å². The number of thiophene rings is 1. The van der Waals surface area contributed by atoms with Crippen LogP contribution in [0.1, 0.15) is 50.1 Å². The summed E-state index contributed by atoms with van der Waals surface area (Å²) in [6.07, 6.45) is 0. The molecular weight excluding hydrogens is 408 g/mol. The molecule has 0 aliphatic heterocycles. The molecule has 1 unspecified atom stereocenters. The van der Waals surface area contributed by atoms with Crippen LogP contribution in [0.4, 0.5) is 0 Å². The minimum absolute atomic E-state index is 0.111. The summed E-state index contributed by atoms with van der Waals surface area (Å²) >= 11 is 2.86. The first-order valence-electron chi connectivity index (χ1n) is 9.21. The lowest BCUT2D eigenvalue weighted by Gasteiger charge is -2.17. The highest BCUT2D eigenvalue weighted by Gasteiger charge is 2.22. The summed E-state index contributed by atoms with van der Waals surface area (Å²) in [7, 11) is 1.65. The first-order chi connectivity index (χ1) is 13.8. The molecule has 0 saturated carbocycles. The second-order valence-electron chi connectivity index (χ2n) is 6.90. The number of rotatable bonds is 8. The van der Waals surface area contributed by atoms with Gasteiger partial charge in [0.1, 0.15) is 9.88 Å². The minimum atomic E-state index is -0.517. The van der Waals surface area contributed by atoms with E-state index in [1.807, 2.05) is 43.7 Å². The molecular formula is C21H24N2O4S2. The van der Waals surface area contributed by atoms with E-state index in [1.54, 1.807) is 25.4 Å². The maximum atomic E-state index is 12.7. The highest BCUT2D eigenvalue weighted by Crippen LogP contribution is 2.30. The average Bonchev–Trinajstić information content (AvgIpc) is 3.39. The summed E-state index contributed by atoms with van der Waals surface area (Å²) in [6, 6.07) is 3.91. The third-order valence-electron chi connectivity index (χ3n) is 4.72. The molecule has 3 heterocycles. The van der Waals surface area contributed by atoms with Gasteiger partial charge >= 0.3 is 5.97 Å². The Hall–Kier alpha value is -2.29. The zero-order valence-corrected chi connectivity index (χ0v) is 18.8. The van der Waals surface area contributed by atoms with Crippen molar-refractivity contribution in [1.82, 2.24) is 9.55 Å². The normalized spacial score (nSPS) is 12.2. The lowest BCUT2D eigenvalue weighted by atomic mass is 10.1. The molecule has 3 aromatic rings. The van der Waals surface area contributed by atoms with E-state index in [1.165, 1.54) is 11.3 Å². The zero-order valence-electron chi connectivity index (χ0n) is 17.1. The van der Waals surface area contributed by atoms with Crippen molar-refractivity contribution in [1.29, 1.82) is 0 Å². The molecule has 0 saturated heterocycles. The van der Waals surface area contributed by atoms with Crippen LogP contribution in [0.15, 0.2) is 22.9 Å². The van der Waals surface area contributed by atoms with Crippen molar-refractivity contribution >= 4 is 34.4 Å². The maximum absolute atomic E-state index is 12.7. The second-order valence-corrected chi connectivity index (χ2v) is 8.68. The van der Waals surface area contributed by atoms with Crippen LogP contribution < -0.4 is 0 Å². The van der Waals surface area contributed by atoms with Gasteiger partial charge in [0.25, 0.3) is 0 Å². The molecule has 8 heteroatoms. The van der Waals surface area contributed by atoms with E-state index in [0.717, 1.165) is 22.0 Å². The minimum Gasteiger partial charge on any atom is -0.453 e. The SMILES string of the molecule is COCC(C)n1c(C)cc(C(=O)COC(=O)c2sc(-c3ccsc3)nc2C)c1C. The fourth-order valence-corrected chi connectivity index (χ4v) is 5.09. The number of carbonyl (C=O) groups is 2. The van der Waals surface area contributed by atoms with Crippen molar-refractivity contribution in [2.75, 3.05) is 20.3 Å². The third kappa shape index (κ3) is 4.49. The van der Waals surface area contributed by atoms with E-state index >= 15 is 0 Å². The lowest BCUT2D eigenvalue weighted by molar-refractivity contribution is 0.0478. The lowest BCUT2D eigenvalue weighted by Crippen LogP contribution is -2.17. The van der Waals surface area contributed by atoms with Crippen LogP contribution in [0.2, 0.25) is 0 Å². The van der Waals surface area contributed by atoms with Gasteiger partial charge in [-0.3, -0.25) is 4.79 Å². The number of nitrogens with zero attached hydrogens (tertiary/aromatic N) is 2. The Morgan fingerprint density at radius 3 is 2.69 bits per heavy atom. The van der Waals surface area contributed by atoms with Gasteiger partial charge in [0.05, 0.1) is 18.3 Å². The molecule has 0 amide bonds. The van der Waals surface area contributed by atoms with Crippen LogP contribution in [-0.4, -0.2) is 41.6 Å². The van der Waals surface area contributed by atoms with Crippen molar-refractivity contribution in [3.05, 3.63) is 50.4 Å². The summed E-state index contributed by atoms with van der Waals surface area (Å²) in [6.45, 7) is 7.91. The van der Waals surface area contributed by atoms with Crippen molar-refractivity contribution in [3.63, 3.8) is 0 Å². The van der Waals surface area contributed by atoms with Crippen molar-refractivity contribution in [2.24, 2.45) is 0 Å². The molecule has 0 bridgehead atoms. The van der Waals surface area contributed by atoms with Gasteiger partial charge in [0.15, 0.2) is 6.61 Å². The summed E-state index contributed by atoms with van der Waals surface area (Å²) in [4.78, 5) is 30.1. The van der Waals surface area contributed by atoms with Gasteiger partial charge in [-0.05, 0) is 45.2 Å². The van der Waals surface area contributed by atoms with E-state index in [4.69, 9.17) is 9.47 Å². The summed E-state index contributed by atoms with van der Waals surface area (Å²) in [5.74, 6) is -0.737. The Morgan fingerprint density at radius 2 is 2.03 bits per heavy atom. The second kappa shape index (κ2) is 9.02. The molecule has 0 fully saturated rings. The smallest absolute Gasteiger partial charge is 0.350 e. The molecule has 0 aliphatic carbocycles. The van der Waals surface area contributed by atoms with Crippen molar-refractivity contribution in [3.8, 4) is 10.6 Å². The van der Waals surface area contributed by atoms with E-state index < -0.39 is 5.97 Å². The Kier molecular flexibility index (Phi) is 6.66. The number of Topliss-reactive ketones (excluding diaryl/α,β-unsaturated/α-hetero) is 1. The Morgan fingerprint density at radius 1 is 1.28 bits per heavy atom. The first-order valence-corrected chi connectivity index (χ1v) is 11.0. The van der Waals surface area contributed by atoms with Crippen LogP contribution in [0, 0.1) is 20.8 Å². The van der Waals surface area contributed by atoms with Crippen LogP contribution in [0.5, 0.6) is 0 Å². The zero-order chi connectivity index (χ0) is 21.1. The van der Waals surface area contributed by atoms with E-state index in [9.17, 15) is 9.59 Å². The fraction of sp³-hybridized carbons (Fsp3) is 0.381. The van der Waals surface area contributed by atoms with Crippen LogP contribution in [-0.2, 0) is 9.47 Å². The van der Waals surface area contributed by atoms with Crippen molar-refractivity contribution < 1.29 is 19.1 Å². The number of hydrogen-bond donors (Lipinski definition) is 0. The molecule has 1 atom stereocenters. The van der Waals surface area contributed by atoms with E-state index in [0.29, 0.717) is 22.7 Å². The number of aryl methyl sites for hydroxylation is 2. The third-order valence-corrected chi connectivity index (χ3v) is 6.59. The first kappa shape index (κ1) is 21.4. The van der Waals surface area contributed by atoms with Gasteiger partial charge in [0.2, 0.25) is 5.78 Å². The number of thiazole rings is 1. The van der Waals surface area contributed by atoms with Gasteiger partial charge in [-0.2, -0.15) is 11.3 Å². The predicted molar refractivity (Wildman–Crippen MR) is 115 cm³/mol. The molecule has 0 N–H and O–H groups in total. The summed E-state index contributed by atoms with van der Waals surface area (Å²) in [5.41, 5.74) is 3.98. The van der Waals surface area contributed by atoms with Crippen molar-refractivity contribution in [2.45, 2.75) is 33.7 Å². The number of carbonyl (C=O) groups excluding carboxylic acids is 2. The maximum Gasteiger partial charge on any atom is 0.350 e. The molecule has 3 aromatic heterocycles. The molecule has 0 aliphatic rings. The number of aromatic nitrogens is 2. The molecule has 0 spiro atoms. The van der Waals surface area contributed by atoms with Crippen LogP contribution in [0.25, 0.3) is 10.6 Å². The highest BCUT2D eigenvalue weighted by atomic mass is 32.1. The Bertz CT molecular complexity index is 1020. The fourth-order valence-electron chi connectivity index (χ4n) is 3.42. The topological polar surface area (TPSA) is 70.4 Å². The van der Waals surface area contributed by atoms with E-state index in [-0.39, 0.29) is 18.4 Å². The number of hydrogen-bond acceptors (Lipinski definition) is 7. The Labute approximate surface area is 178 Å². The summed E-state index contributed by atoms with van der Waals surface area (Å²) in [5, 5.41) is 4.72. The molecule has 0 aromatic carbocycles. The largest absolute Gasteiger partial charge is 0.453 e. The molecule has 0 radical (unpaired) electrons. The summed E-state index contributed by atoms with van der Waals surface area (Å²) < 4.78 is 12.6. The molecule has 154 valence electrons.